The molecule has 1 N–H and O–H groups in total. The smallest absolute Gasteiger partial charge is 0.222 e. The molecule has 1 aliphatic rings. The van der Waals surface area contributed by atoms with Gasteiger partial charge in [0.25, 0.3) is 0 Å². The molecule has 0 aliphatic carbocycles. The number of halogens is 1. The van der Waals surface area contributed by atoms with Gasteiger partial charge in [0, 0.05) is 43.3 Å². The Labute approximate surface area is 128 Å². The maximum Gasteiger partial charge on any atom is 0.222 e. The zero-order chi connectivity index (χ0) is 14.4. The number of pyridine rings is 1. The molecule has 1 aromatic heterocycles. The molecule has 20 heavy (non-hydrogen) atoms. The summed E-state index contributed by atoms with van der Waals surface area (Å²) >= 11 is 3.39. The van der Waals surface area contributed by atoms with Crippen LogP contribution in [0.3, 0.4) is 0 Å². The molecular weight excluding hydrogens is 320 g/mol. The van der Waals surface area contributed by atoms with E-state index in [4.69, 9.17) is 0 Å². The number of anilines is 1. The van der Waals surface area contributed by atoms with Crippen LogP contribution < -0.4 is 10.2 Å². The number of rotatable bonds is 5. The third-order valence-corrected chi connectivity index (χ3v) is 3.95. The number of hydrogen-bond donors (Lipinski definition) is 1. The average Bonchev–Trinajstić information content (AvgIpc) is 2.48. The summed E-state index contributed by atoms with van der Waals surface area (Å²) in [4.78, 5) is 20.6. The number of nitrogens with zero attached hydrogens (tertiary/aromatic N) is 3. The molecule has 2 heterocycles. The largest absolute Gasteiger partial charge is 0.353 e. The Morgan fingerprint density at radius 2 is 2.10 bits per heavy atom. The molecule has 0 bridgehead atoms. The van der Waals surface area contributed by atoms with Gasteiger partial charge < -0.3 is 15.1 Å². The van der Waals surface area contributed by atoms with Crippen LogP contribution >= 0.6 is 15.9 Å². The van der Waals surface area contributed by atoms with Crippen molar-refractivity contribution in [1.82, 2.24) is 15.2 Å². The van der Waals surface area contributed by atoms with E-state index in [0.717, 1.165) is 49.4 Å². The second-order valence-electron chi connectivity index (χ2n) is 4.91. The summed E-state index contributed by atoms with van der Waals surface area (Å²) in [5, 5.41) is 3.07. The topological polar surface area (TPSA) is 48.5 Å². The van der Waals surface area contributed by atoms with Gasteiger partial charge in [0.05, 0.1) is 0 Å². The average molecular weight is 341 g/mol. The lowest BCUT2D eigenvalue weighted by atomic mass is 10.2. The van der Waals surface area contributed by atoms with Gasteiger partial charge in [-0.2, -0.15) is 0 Å². The molecule has 1 aromatic rings. The van der Waals surface area contributed by atoms with Crippen LogP contribution in [0.2, 0.25) is 0 Å². The van der Waals surface area contributed by atoms with Crippen molar-refractivity contribution in [2.45, 2.75) is 12.8 Å². The molecule has 110 valence electrons. The Morgan fingerprint density at radius 3 is 2.70 bits per heavy atom. The second-order valence-corrected chi connectivity index (χ2v) is 5.83. The molecule has 1 saturated heterocycles. The van der Waals surface area contributed by atoms with E-state index >= 15 is 0 Å². The fraction of sp³-hybridized carbons (Fsp3) is 0.571. The van der Waals surface area contributed by atoms with Crippen LogP contribution in [0.5, 0.6) is 0 Å². The van der Waals surface area contributed by atoms with Crippen LogP contribution in [0.15, 0.2) is 22.8 Å². The fourth-order valence-corrected chi connectivity index (χ4v) is 2.55. The van der Waals surface area contributed by atoms with Crippen LogP contribution in [0, 0.1) is 0 Å². The summed E-state index contributed by atoms with van der Waals surface area (Å²) in [5.74, 6) is 1.25. The van der Waals surface area contributed by atoms with Gasteiger partial charge in [0.2, 0.25) is 5.91 Å². The van der Waals surface area contributed by atoms with Crippen LogP contribution in [-0.2, 0) is 4.79 Å². The molecule has 1 amide bonds. The monoisotopic (exact) mass is 340 g/mol. The van der Waals surface area contributed by atoms with E-state index in [9.17, 15) is 4.79 Å². The predicted molar refractivity (Wildman–Crippen MR) is 83.9 cm³/mol. The SMILES string of the molecule is CNCCCC(=O)N1CCN(c2ccc(Br)cn2)CC1. The van der Waals surface area contributed by atoms with Crippen molar-refractivity contribution in [1.29, 1.82) is 0 Å². The van der Waals surface area contributed by atoms with Crippen molar-refractivity contribution in [3.05, 3.63) is 22.8 Å². The van der Waals surface area contributed by atoms with Gasteiger partial charge in [-0.1, -0.05) is 0 Å². The summed E-state index contributed by atoms with van der Waals surface area (Å²) in [6.45, 7) is 4.18. The number of aromatic nitrogens is 1. The van der Waals surface area contributed by atoms with Crippen LogP contribution in [-0.4, -0.2) is 55.6 Å². The van der Waals surface area contributed by atoms with E-state index in [1.807, 2.05) is 30.3 Å². The summed E-state index contributed by atoms with van der Waals surface area (Å²) < 4.78 is 0.986. The first-order valence-electron chi connectivity index (χ1n) is 6.99. The maximum atomic E-state index is 12.0. The Bertz CT molecular complexity index is 429. The molecule has 0 unspecified atom stereocenters. The molecule has 2 rings (SSSR count). The van der Waals surface area contributed by atoms with Crippen LogP contribution in [0.25, 0.3) is 0 Å². The molecule has 1 fully saturated rings. The van der Waals surface area contributed by atoms with E-state index in [2.05, 4.69) is 31.1 Å². The number of carbonyl (C=O) groups is 1. The Morgan fingerprint density at radius 1 is 1.35 bits per heavy atom. The lowest BCUT2D eigenvalue weighted by Gasteiger charge is -2.35. The normalized spacial score (nSPS) is 15.5. The summed E-state index contributed by atoms with van der Waals surface area (Å²) in [6.07, 6.45) is 3.35. The van der Waals surface area contributed by atoms with E-state index in [1.165, 1.54) is 0 Å². The Hall–Kier alpha value is -1.14. The highest BCUT2D eigenvalue weighted by molar-refractivity contribution is 9.10. The van der Waals surface area contributed by atoms with Gasteiger partial charge in [-0.15, -0.1) is 0 Å². The maximum absolute atomic E-state index is 12.0. The van der Waals surface area contributed by atoms with E-state index < -0.39 is 0 Å². The van der Waals surface area contributed by atoms with Crippen LogP contribution in [0.4, 0.5) is 5.82 Å². The van der Waals surface area contributed by atoms with Gasteiger partial charge in [-0.25, -0.2) is 4.98 Å². The van der Waals surface area contributed by atoms with Gasteiger partial charge in [-0.3, -0.25) is 4.79 Å². The highest BCUT2D eigenvalue weighted by Gasteiger charge is 2.21. The lowest BCUT2D eigenvalue weighted by molar-refractivity contribution is -0.131. The van der Waals surface area contributed by atoms with Gasteiger partial charge >= 0.3 is 0 Å². The molecule has 5 nitrogen and oxygen atoms in total. The number of piperazine rings is 1. The molecule has 0 spiro atoms. The Kier molecular flexibility index (Phi) is 5.79. The second kappa shape index (κ2) is 7.59. The minimum absolute atomic E-state index is 0.267. The first-order chi connectivity index (χ1) is 9.70. The van der Waals surface area contributed by atoms with Crippen molar-refractivity contribution in [3.63, 3.8) is 0 Å². The number of nitrogens with one attached hydrogen (secondary N) is 1. The minimum Gasteiger partial charge on any atom is -0.353 e. The quantitative estimate of drug-likeness (QED) is 0.825. The van der Waals surface area contributed by atoms with Gasteiger partial charge in [0.1, 0.15) is 5.82 Å². The molecular formula is C14H21BrN4O. The molecule has 0 aromatic carbocycles. The highest BCUT2D eigenvalue weighted by Crippen LogP contribution is 2.16. The summed E-state index contributed by atoms with van der Waals surface area (Å²) in [7, 11) is 1.91. The van der Waals surface area contributed by atoms with Crippen molar-refractivity contribution in [3.8, 4) is 0 Å². The van der Waals surface area contributed by atoms with E-state index in [0.29, 0.717) is 6.42 Å². The Balaban J connectivity index is 1.80. The summed E-state index contributed by atoms with van der Waals surface area (Å²) in [5.41, 5.74) is 0. The lowest BCUT2D eigenvalue weighted by Crippen LogP contribution is -2.49. The highest BCUT2D eigenvalue weighted by atomic mass is 79.9. The molecule has 1 aliphatic heterocycles. The van der Waals surface area contributed by atoms with E-state index in [1.54, 1.807) is 0 Å². The van der Waals surface area contributed by atoms with Crippen molar-refractivity contribution < 1.29 is 4.79 Å². The van der Waals surface area contributed by atoms with E-state index in [-0.39, 0.29) is 5.91 Å². The van der Waals surface area contributed by atoms with Gasteiger partial charge in [-0.05, 0) is 48.1 Å². The third kappa shape index (κ3) is 4.18. The third-order valence-electron chi connectivity index (χ3n) is 3.49. The zero-order valence-corrected chi connectivity index (χ0v) is 13.4. The molecule has 0 radical (unpaired) electrons. The number of amides is 1. The molecule has 0 saturated carbocycles. The molecule has 0 atom stereocenters. The predicted octanol–water partition coefficient (Wildman–Crippen LogP) is 1.49. The van der Waals surface area contributed by atoms with Crippen LogP contribution in [0.1, 0.15) is 12.8 Å². The van der Waals surface area contributed by atoms with Crippen molar-refractivity contribution in [2.75, 3.05) is 44.7 Å². The number of hydrogen-bond acceptors (Lipinski definition) is 4. The first kappa shape index (κ1) is 15.3. The fourth-order valence-electron chi connectivity index (χ4n) is 2.31. The molecule has 6 heteroatoms. The van der Waals surface area contributed by atoms with Gasteiger partial charge in [0.15, 0.2) is 0 Å². The zero-order valence-electron chi connectivity index (χ0n) is 11.8. The summed E-state index contributed by atoms with van der Waals surface area (Å²) in [6, 6.07) is 4.01. The minimum atomic E-state index is 0.267. The standard InChI is InChI=1S/C14H21BrN4O/c1-16-6-2-3-14(20)19-9-7-18(8-10-19)13-5-4-12(15)11-17-13/h4-5,11,16H,2-3,6-10H2,1H3. The number of carbonyl (C=O) groups excluding carboxylic acids is 1. The van der Waals surface area contributed by atoms with Crippen molar-refractivity contribution >= 4 is 27.7 Å². The first-order valence-corrected chi connectivity index (χ1v) is 7.79. The van der Waals surface area contributed by atoms with Crippen molar-refractivity contribution in [2.24, 2.45) is 0 Å².